The van der Waals surface area contributed by atoms with E-state index in [1.165, 1.54) is 5.69 Å². The number of hydrogen-bond donors (Lipinski definition) is 1. The van der Waals surface area contributed by atoms with Crippen LogP contribution in [0.15, 0.2) is 48.5 Å². The zero-order chi connectivity index (χ0) is 26.3. The van der Waals surface area contributed by atoms with Gasteiger partial charge in [0.2, 0.25) is 5.91 Å². The number of carbonyl (C=O) groups excluding carboxylic acids is 2. The van der Waals surface area contributed by atoms with Gasteiger partial charge in [0.15, 0.2) is 0 Å². The van der Waals surface area contributed by atoms with Crippen LogP contribution in [0.5, 0.6) is 0 Å². The quantitative estimate of drug-likeness (QED) is 0.606. The summed E-state index contributed by atoms with van der Waals surface area (Å²) in [7, 11) is 0. The summed E-state index contributed by atoms with van der Waals surface area (Å²) in [5.74, 6) is 0.288. The van der Waals surface area contributed by atoms with Crippen LogP contribution in [0, 0.1) is 11.3 Å². The minimum absolute atomic E-state index is 0.0693. The largest absolute Gasteiger partial charge is 0.444 e. The van der Waals surface area contributed by atoms with E-state index in [1.807, 2.05) is 48.8 Å². The van der Waals surface area contributed by atoms with Gasteiger partial charge >= 0.3 is 6.09 Å². The van der Waals surface area contributed by atoms with Crippen LogP contribution < -0.4 is 15.1 Å². The molecule has 4 aliphatic rings. The summed E-state index contributed by atoms with van der Waals surface area (Å²) in [6.45, 7) is 13.4. The van der Waals surface area contributed by atoms with Gasteiger partial charge in [0.1, 0.15) is 5.60 Å². The molecule has 1 spiro atoms. The summed E-state index contributed by atoms with van der Waals surface area (Å²) in [5, 5.41) is 3.76. The van der Waals surface area contributed by atoms with Crippen molar-refractivity contribution in [3.05, 3.63) is 54.1 Å². The van der Waals surface area contributed by atoms with Crippen molar-refractivity contribution in [1.29, 1.82) is 0 Å². The summed E-state index contributed by atoms with van der Waals surface area (Å²) in [4.78, 5) is 31.9. The molecule has 2 amide bonds. The number of benzene rings is 2. The van der Waals surface area contributed by atoms with Gasteiger partial charge in [-0.05, 0) is 64.4 Å². The SMILES string of the molecule is CC(=O)N1c2ccc(N3CC4N(C(=O)OC(C)(C)C)CC45CC35)cc2C(Nc2ccccc2)C(C)C1C. The highest BCUT2D eigenvalue weighted by Crippen LogP contribution is 2.65. The number of fused-ring (bicyclic) bond motifs is 1. The second-order valence-corrected chi connectivity index (χ2v) is 12.4. The van der Waals surface area contributed by atoms with Gasteiger partial charge in [0.25, 0.3) is 0 Å². The Kier molecular flexibility index (Phi) is 5.31. The van der Waals surface area contributed by atoms with E-state index in [0.717, 1.165) is 36.4 Å². The van der Waals surface area contributed by atoms with E-state index in [0.29, 0.717) is 6.04 Å². The Labute approximate surface area is 219 Å². The molecule has 3 heterocycles. The van der Waals surface area contributed by atoms with Crippen molar-refractivity contribution < 1.29 is 14.3 Å². The Morgan fingerprint density at radius 3 is 2.46 bits per heavy atom. The minimum Gasteiger partial charge on any atom is -0.444 e. The number of carbonyl (C=O) groups is 2. The van der Waals surface area contributed by atoms with Crippen molar-refractivity contribution in [2.24, 2.45) is 11.3 Å². The molecule has 2 saturated heterocycles. The van der Waals surface area contributed by atoms with Gasteiger partial charge < -0.3 is 24.8 Å². The van der Waals surface area contributed by atoms with Crippen LogP contribution in [0.3, 0.4) is 0 Å². The summed E-state index contributed by atoms with van der Waals surface area (Å²) in [6, 6.07) is 17.7. The molecule has 6 atom stereocenters. The molecule has 6 rings (SSSR count). The molecule has 0 bridgehead atoms. The number of nitrogens with one attached hydrogen (secondary N) is 1. The highest BCUT2D eigenvalue weighted by molar-refractivity contribution is 5.94. The number of nitrogens with zero attached hydrogens (tertiary/aromatic N) is 3. The van der Waals surface area contributed by atoms with Crippen LogP contribution in [0.2, 0.25) is 0 Å². The molecule has 0 radical (unpaired) electrons. The van der Waals surface area contributed by atoms with Crippen molar-refractivity contribution in [3.8, 4) is 0 Å². The van der Waals surface area contributed by atoms with Crippen LogP contribution in [-0.2, 0) is 9.53 Å². The lowest BCUT2D eigenvalue weighted by molar-refractivity contribution is -0.117. The number of hydrogen-bond acceptors (Lipinski definition) is 5. The maximum Gasteiger partial charge on any atom is 0.410 e. The van der Waals surface area contributed by atoms with E-state index in [4.69, 9.17) is 4.74 Å². The van der Waals surface area contributed by atoms with Crippen molar-refractivity contribution in [2.75, 3.05) is 28.2 Å². The number of rotatable bonds is 3. The first-order chi connectivity index (χ1) is 17.5. The van der Waals surface area contributed by atoms with Crippen LogP contribution in [0.4, 0.5) is 21.9 Å². The van der Waals surface area contributed by atoms with Crippen LogP contribution >= 0.6 is 0 Å². The molecule has 1 aliphatic carbocycles. The Bertz CT molecular complexity index is 1240. The van der Waals surface area contributed by atoms with Gasteiger partial charge in [-0.1, -0.05) is 25.1 Å². The number of para-hydroxylation sites is 1. The molecule has 3 fully saturated rings. The minimum atomic E-state index is -0.489. The Hall–Kier alpha value is -3.22. The highest BCUT2D eigenvalue weighted by atomic mass is 16.6. The lowest BCUT2D eigenvalue weighted by atomic mass is 9.82. The topological polar surface area (TPSA) is 65.1 Å². The van der Waals surface area contributed by atoms with E-state index < -0.39 is 5.60 Å². The number of amides is 2. The fourth-order valence-corrected chi connectivity index (χ4v) is 6.96. The first kappa shape index (κ1) is 24.1. The fraction of sp³-hybridized carbons (Fsp3) is 0.533. The van der Waals surface area contributed by atoms with Gasteiger partial charge in [0.05, 0.1) is 12.1 Å². The summed E-state index contributed by atoms with van der Waals surface area (Å²) >= 11 is 0. The second kappa shape index (κ2) is 8.14. The summed E-state index contributed by atoms with van der Waals surface area (Å²) in [5.41, 5.74) is 4.11. The van der Waals surface area contributed by atoms with E-state index in [-0.39, 0.29) is 41.5 Å². The zero-order valence-electron chi connectivity index (χ0n) is 22.7. The number of anilines is 3. The van der Waals surface area contributed by atoms with Crippen LogP contribution in [-0.4, -0.2) is 53.7 Å². The van der Waals surface area contributed by atoms with Gasteiger partial charge in [-0.2, -0.15) is 0 Å². The Morgan fingerprint density at radius 1 is 1.05 bits per heavy atom. The number of likely N-dealkylation sites (tertiary alicyclic amines) is 1. The molecule has 1 saturated carbocycles. The van der Waals surface area contributed by atoms with Gasteiger partial charge in [-0.25, -0.2) is 4.79 Å². The average Bonchev–Trinajstić information content (AvgIpc) is 3.52. The molecule has 0 aromatic heterocycles. The number of piperidine rings is 1. The first-order valence-corrected chi connectivity index (χ1v) is 13.5. The lowest BCUT2D eigenvalue weighted by Gasteiger charge is -2.46. The predicted octanol–water partition coefficient (Wildman–Crippen LogP) is 5.43. The van der Waals surface area contributed by atoms with Crippen molar-refractivity contribution >= 4 is 29.1 Å². The molecule has 2 aromatic carbocycles. The second-order valence-electron chi connectivity index (χ2n) is 12.4. The van der Waals surface area contributed by atoms with Crippen molar-refractivity contribution in [3.63, 3.8) is 0 Å². The van der Waals surface area contributed by atoms with Gasteiger partial charge in [0, 0.05) is 66.1 Å². The van der Waals surface area contributed by atoms with E-state index in [2.05, 4.69) is 54.4 Å². The third kappa shape index (κ3) is 3.77. The van der Waals surface area contributed by atoms with E-state index in [9.17, 15) is 9.59 Å². The average molecular weight is 503 g/mol. The summed E-state index contributed by atoms with van der Waals surface area (Å²) in [6.07, 6.45) is 0.917. The standard InChI is InChI=1S/C30H38N4O3/c1-18-19(2)34(20(3)35)24-13-12-22(14-23(24)27(18)31-21-10-8-7-9-11-21)32-16-26-30(15-25(30)32)17-33(26)28(36)37-29(4,5)6/h7-14,18-19,25-27,31H,15-17H2,1-6H3. The molecule has 196 valence electrons. The predicted molar refractivity (Wildman–Crippen MR) is 146 cm³/mol. The Balaban J connectivity index is 1.31. The molecule has 1 N–H and O–H groups in total. The molecule has 37 heavy (non-hydrogen) atoms. The molecule has 7 nitrogen and oxygen atoms in total. The zero-order valence-corrected chi connectivity index (χ0v) is 22.7. The molecular formula is C30H38N4O3. The van der Waals surface area contributed by atoms with Crippen LogP contribution in [0.1, 0.15) is 59.6 Å². The molecule has 7 heteroatoms. The van der Waals surface area contributed by atoms with Gasteiger partial charge in [-0.3, -0.25) is 4.79 Å². The lowest BCUT2D eigenvalue weighted by Crippen LogP contribution is -2.61. The number of ether oxygens (including phenoxy) is 1. The smallest absolute Gasteiger partial charge is 0.410 e. The highest BCUT2D eigenvalue weighted by Gasteiger charge is 2.75. The molecule has 2 aromatic rings. The molecular weight excluding hydrogens is 464 g/mol. The first-order valence-electron chi connectivity index (χ1n) is 13.5. The Morgan fingerprint density at radius 2 is 1.78 bits per heavy atom. The maximum absolute atomic E-state index is 12.8. The summed E-state index contributed by atoms with van der Waals surface area (Å²) < 4.78 is 5.68. The third-order valence-corrected chi connectivity index (χ3v) is 9.02. The van der Waals surface area contributed by atoms with Crippen molar-refractivity contribution in [2.45, 2.75) is 77.7 Å². The third-order valence-electron chi connectivity index (χ3n) is 9.02. The van der Waals surface area contributed by atoms with E-state index in [1.54, 1.807) is 6.92 Å². The van der Waals surface area contributed by atoms with Gasteiger partial charge in [-0.15, -0.1) is 0 Å². The maximum atomic E-state index is 12.8. The molecule has 3 aliphatic heterocycles. The van der Waals surface area contributed by atoms with Crippen molar-refractivity contribution in [1.82, 2.24) is 4.90 Å². The van der Waals surface area contributed by atoms with E-state index >= 15 is 0 Å². The van der Waals surface area contributed by atoms with Crippen LogP contribution in [0.25, 0.3) is 0 Å². The fourth-order valence-electron chi connectivity index (χ4n) is 6.96. The monoisotopic (exact) mass is 502 g/mol. The normalized spacial score (nSPS) is 31.6. The molecule has 6 unspecified atom stereocenters.